The molecule has 6 nitrogen and oxygen atoms in total. The van der Waals surface area contributed by atoms with Crippen molar-refractivity contribution in [2.75, 3.05) is 39.3 Å². The fraction of sp³-hybridized carbons (Fsp3) is 0.562. The zero-order valence-corrected chi connectivity index (χ0v) is 12.6. The lowest BCUT2D eigenvalue weighted by molar-refractivity contribution is 0.0450. The van der Waals surface area contributed by atoms with Gasteiger partial charge in [-0.2, -0.15) is 0 Å². The number of aliphatic hydroxyl groups is 1. The third-order valence-corrected chi connectivity index (χ3v) is 4.64. The monoisotopic (exact) mass is 305 g/mol. The van der Waals surface area contributed by atoms with E-state index in [0.29, 0.717) is 32.7 Å². The van der Waals surface area contributed by atoms with Gasteiger partial charge in [-0.15, -0.1) is 0 Å². The standard InChI is InChI=1S/C16H23N3O3/c20-15-12-17(10-13-4-2-1-3-5-13)11-14(15)18-6-8-19(9-7-18)16(21)22/h1-5,14-15,20H,6-12H2,(H,21,22). The first-order valence-corrected chi connectivity index (χ1v) is 7.80. The van der Waals surface area contributed by atoms with E-state index in [1.807, 2.05) is 18.2 Å². The normalized spacial score (nSPS) is 27.2. The summed E-state index contributed by atoms with van der Waals surface area (Å²) in [6.45, 7) is 4.82. The number of amides is 1. The summed E-state index contributed by atoms with van der Waals surface area (Å²) in [7, 11) is 0. The third kappa shape index (κ3) is 3.40. The summed E-state index contributed by atoms with van der Waals surface area (Å²) in [5.74, 6) is 0. The molecule has 0 spiro atoms. The number of benzene rings is 1. The lowest BCUT2D eigenvalue weighted by Gasteiger charge is -2.37. The van der Waals surface area contributed by atoms with Crippen LogP contribution in [0.25, 0.3) is 0 Å². The van der Waals surface area contributed by atoms with E-state index in [1.165, 1.54) is 10.5 Å². The van der Waals surface area contributed by atoms with Gasteiger partial charge in [0.05, 0.1) is 6.10 Å². The van der Waals surface area contributed by atoms with Crippen LogP contribution in [-0.2, 0) is 6.54 Å². The highest BCUT2D eigenvalue weighted by Gasteiger charge is 2.37. The van der Waals surface area contributed by atoms with Crippen LogP contribution < -0.4 is 0 Å². The van der Waals surface area contributed by atoms with Crippen LogP contribution in [-0.4, -0.2) is 82.4 Å². The van der Waals surface area contributed by atoms with Gasteiger partial charge in [0.2, 0.25) is 0 Å². The Morgan fingerprint density at radius 2 is 1.77 bits per heavy atom. The topological polar surface area (TPSA) is 67.2 Å². The van der Waals surface area contributed by atoms with Gasteiger partial charge in [-0.25, -0.2) is 4.79 Å². The average Bonchev–Trinajstić information content (AvgIpc) is 2.89. The Labute approximate surface area is 130 Å². The van der Waals surface area contributed by atoms with Crippen molar-refractivity contribution in [3.63, 3.8) is 0 Å². The van der Waals surface area contributed by atoms with E-state index in [9.17, 15) is 9.90 Å². The predicted molar refractivity (Wildman–Crippen MR) is 82.7 cm³/mol. The van der Waals surface area contributed by atoms with E-state index >= 15 is 0 Å². The van der Waals surface area contributed by atoms with E-state index in [0.717, 1.165) is 13.1 Å². The number of hydrogen-bond donors (Lipinski definition) is 2. The zero-order valence-electron chi connectivity index (χ0n) is 12.6. The molecule has 1 aromatic rings. The van der Waals surface area contributed by atoms with Gasteiger partial charge in [0.15, 0.2) is 0 Å². The molecule has 0 aliphatic carbocycles. The lowest BCUT2D eigenvalue weighted by Crippen LogP contribution is -2.54. The van der Waals surface area contributed by atoms with Crippen molar-refractivity contribution in [1.82, 2.24) is 14.7 Å². The molecule has 2 fully saturated rings. The maximum Gasteiger partial charge on any atom is 0.407 e. The van der Waals surface area contributed by atoms with Crippen LogP contribution in [0.4, 0.5) is 4.79 Å². The van der Waals surface area contributed by atoms with Crippen molar-refractivity contribution in [2.45, 2.75) is 18.7 Å². The first-order chi connectivity index (χ1) is 10.6. The van der Waals surface area contributed by atoms with Crippen molar-refractivity contribution >= 4 is 6.09 Å². The van der Waals surface area contributed by atoms with E-state index < -0.39 is 6.09 Å². The molecule has 3 rings (SSSR count). The van der Waals surface area contributed by atoms with E-state index in [4.69, 9.17) is 5.11 Å². The van der Waals surface area contributed by atoms with E-state index in [-0.39, 0.29) is 12.1 Å². The van der Waals surface area contributed by atoms with Gasteiger partial charge >= 0.3 is 6.09 Å². The minimum absolute atomic E-state index is 0.111. The molecule has 2 N–H and O–H groups in total. The van der Waals surface area contributed by atoms with Crippen LogP contribution in [0.5, 0.6) is 0 Å². The number of aliphatic hydroxyl groups excluding tert-OH is 1. The van der Waals surface area contributed by atoms with Crippen LogP contribution in [0.2, 0.25) is 0 Å². The number of rotatable bonds is 3. The molecule has 0 bridgehead atoms. The van der Waals surface area contributed by atoms with Gasteiger partial charge < -0.3 is 15.1 Å². The number of hydrogen-bond acceptors (Lipinski definition) is 4. The molecule has 0 saturated carbocycles. The first-order valence-electron chi connectivity index (χ1n) is 7.80. The number of carboxylic acid groups (broad SMARTS) is 1. The number of likely N-dealkylation sites (tertiary alicyclic amines) is 1. The van der Waals surface area contributed by atoms with Crippen LogP contribution in [0.15, 0.2) is 30.3 Å². The van der Waals surface area contributed by atoms with Gasteiger partial charge in [0.1, 0.15) is 0 Å². The fourth-order valence-corrected chi connectivity index (χ4v) is 3.42. The van der Waals surface area contributed by atoms with Crippen LogP contribution in [0.1, 0.15) is 5.56 Å². The minimum Gasteiger partial charge on any atom is -0.465 e. The Bertz CT molecular complexity index is 503. The molecule has 2 unspecified atom stereocenters. The summed E-state index contributed by atoms with van der Waals surface area (Å²) >= 11 is 0. The highest BCUT2D eigenvalue weighted by molar-refractivity contribution is 5.65. The molecular weight excluding hydrogens is 282 g/mol. The average molecular weight is 305 g/mol. The summed E-state index contributed by atoms with van der Waals surface area (Å²) in [6, 6.07) is 10.4. The second kappa shape index (κ2) is 6.64. The zero-order chi connectivity index (χ0) is 15.5. The summed E-state index contributed by atoms with van der Waals surface area (Å²) in [4.78, 5) is 16.9. The second-order valence-corrected chi connectivity index (χ2v) is 6.12. The molecule has 6 heteroatoms. The van der Waals surface area contributed by atoms with Crippen molar-refractivity contribution in [2.24, 2.45) is 0 Å². The molecule has 0 radical (unpaired) electrons. The van der Waals surface area contributed by atoms with Gasteiger partial charge in [0.25, 0.3) is 0 Å². The molecule has 22 heavy (non-hydrogen) atoms. The Balaban J connectivity index is 1.54. The molecule has 2 aliphatic rings. The highest BCUT2D eigenvalue weighted by Crippen LogP contribution is 2.20. The molecule has 2 aliphatic heterocycles. The highest BCUT2D eigenvalue weighted by atomic mass is 16.4. The number of nitrogens with zero attached hydrogens (tertiary/aromatic N) is 3. The molecule has 2 atom stereocenters. The number of piperazine rings is 1. The molecule has 2 saturated heterocycles. The summed E-state index contributed by atoms with van der Waals surface area (Å²) in [5.41, 5.74) is 1.26. The van der Waals surface area contributed by atoms with Crippen LogP contribution in [0, 0.1) is 0 Å². The minimum atomic E-state index is -0.850. The Morgan fingerprint density at radius 3 is 2.41 bits per heavy atom. The molecule has 2 heterocycles. The second-order valence-electron chi connectivity index (χ2n) is 6.12. The third-order valence-electron chi connectivity index (χ3n) is 4.64. The molecule has 1 aromatic carbocycles. The van der Waals surface area contributed by atoms with Gasteiger partial charge in [-0.3, -0.25) is 9.80 Å². The van der Waals surface area contributed by atoms with Crippen LogP contribution >= 0.6 is 0 Å². The Kier molecular flexibility index (Phi) is 4.61. The smallest absolute Gasteiger partial charge is 0.407 e. The summed E-state index contributed by atoms with van der Waals surface area (Å²) < 4.78 is 0. The molecule has 0 aromatic heterocycles. The van der Waals surface area contributed by atoms with Crippen LogP contribution in [0.3, 0.4) is 0 Å². The van der Waals surface area contributed by atoms with Crippen molar-refractivity contribution in [3.05, 3.63) is 35.9 Å². The van der Waals surface area contributed by atoms with Gasteiger partial charge in [-0.05, 0) is 5.56 Å². The molecule has 1 amide bonds. The van der Waals surface area contributed by atoms with Crippen molar-refractivity contribution in [1.29, 1.82) is 0 Å². The molecular formula is C16H23N3O3. The summed E-state index contributed by atoms with van der Waals surface area (Å²) in [5, 5.41) is 19.3. The van der Waals surface area contributed by atoms with Gasteiger partial charge in [-0.1, -0.05) is 30.3 Å². The largest absolute Gasteiger partial charge is 0.465 e. The summed E-state index contributed by atoms with van der Waals surface area (Å²) in [6.07, 6.45) is -1.21. The predicted octanol–water partition coefficient (Wildman–Crippen LogP) is 0.527. The first kappa shape index (κ1) is 15.3. The van der Waals surface area contributed by atoms with E-state index in [2.05, 4.69) is 21.9 Å². The Hall–Kier alpha value is -1.63. The number of carbonyl (C=O) groups is 1. The maximum atomic E-state index is 11.0. The van der Waals surface area contributed by atoms with Crippen molar-refractivity contribution in [3.8, 4) is 0 Å². The van der Waals surface area contributed by atoms with E-state index in [1.54, 1.807) is 0 Å². The SMILES string of the molecule is O=C(O)N1CCN(C2CN(Cc3ccccc3)CC2O)CC1. The maximum absolute atomic E-state index is 11.0. The fourth-order valence-electron chi connectivity index (χ4n) is 3.42. The van der Waals surface area contributed by atoms with Gasteiger partial charge in [0, 0.05) is 51.9 Å². The number of β-amino-alcohol motifs (C(OH)–C–C–N with tert-alkyl or cyclic N) is 1. The van der Waals surface area contributed by atoms with Crippen molar-refractivity contribution < 1.29 is 15.0 Å². The quantitative estimate of drug-likeness (QED) is 0.852. The lowest BCUT2D eigenvalue weighted by atomic mass is 10.1. The molecule has 120 valence electrons. The Morgan fingerprint density at radius 1 is 1.09 bits per heavy atom.